The van der Waals surface area contributed by atoms with Crippen LogP contribution in [0.5, 0.6) is 0 Å². The molecular weight excluding hydrogens is 302 g/mol. The number of aryl methyl sites for hydroxylation is 1. The molecule has 1 saturated heterocycles. The van der Waals surface area contributed by atoms with Crippen molar-refractivity contribution in [3.8, 4) is 0 Å². The molecule has 0 saturated carbocycles. The quantitative estimate of drug-likeness (QED) is 0.919. The molecule has 116 valence electrons. The summed E-state index contributed by atoms with van der Waals surface area (Å²) in [7, 11) is -3.80. The molecular formula is C15H17N3O3S. The van der Waals surface area contributed by atoms with Gasteiger partial charge < -0.3 is 5.73 Å². The molecule has 6 nitrogen and oxygen atoms in total. The highest BCUT2D eigenvalue weighted by molar-refractivity contribution is 7.89. The van der Waals surface area contributed by atoms with E-state index in [0.29, 0.717) is 24.9 Å². The van der Waals surface area contributed by atoms with E-state index < -0.39 is 22.0 Å². The van der Waals surface area contributed by atoms with Gasteiger partial charge in [0.15, 0.2) is 0 Å². The molecule has 1 aromatic carbocycles. The predicted octanol–water partition coefficient (Wildman–Crippen LogP) is 1.18. The molecule has 0 bridgehead atoms. The minimum atomic E-state index is -3.80. The second-order valence-corrected chi connectivity index (χ2v) is 7.38. The van der Waals surface area contributed by atoms with Crippen molar-refractivity contribution in [2.75, 3.05) is 6.54 Å². The molecule has 0 spiro atoms. The Morgan fingerprint density at radius 3 is 2.91 bits per heavy atom. The molecule has 0 aliphatic carbocycles. The third kappa shape index (κ3) is 2.36. The number of carbonyl (C=O) groups is 1. The molecule has 1 aliphatic rings. The minimum absolute atomic E-state index is 0.123. The van der Waals surface area contributed by atoms with Crippen LogP contribution in [0.1, 0.15) is 18.4 Å². The number of pyridine rings is 1. The molecule has 2 aromatic rings. The maximum atomic E-state index is 12.9. The van der Waals surface area contributed by atoms with Crippen LogP contribution in [-0.2, 0) is 14.8 Å². The Morgan fingerprint density at radius 2 is 2.18 bits per heavy atom. The third-order valence-electron chi connectivity index (χ3n) is 3.93. The van der Waals surface area contributed by atoms with E-state index in [2.05, 4.69) is 4.98 Å². The predicted molar refractivity (Wildman–Crippen MR) is 82.6 cm³/mol. The lowest BCUT2D eigenvalue weighted by atomic mass is 10.2. The Morgan fingerprint density at radius 1 is 1.41 bits per heavy atom. The number of hydrogen-bond donors (Lipinski definition) is 1. The van der Waals surface area contributed by atoms with Crippen LogP contribution in [0.2, 0.25) is 0 Å². The summed E-state index contributed by atoms with van der Waals surface area (Å²) in [5, 5.41) is 0.760. The van der Waals surface area contributed by atoms with Gasteiger partial charge in [-0.15, -0.1) is 0 Å². The van der Waals surface area contributed by atoms with Crippen LogP contribution in [0.3, 0.4) is 0 Å². The van der Waals surface area contributed by atoms with Gasteiger partial charge >= 0.3 is 0 Å². The van der Waals surface area contributed by atoms with Crippen LogP contribution in [-0.4, -0.2) is 36.2 Å². The van der Waals surface area contributed by atoms with E-state index in [1.807, 2.05) is 19.1 Å². The van der Waals surface area contributed by atoms with E-state index in [4.69, 9.17) is 5.73 Å². The number of amides is 1. The Kier molecular flexibility index (Phi) is 3.62. The van der Waals surface area contributed by atoms with Gasteiger partial charge in [-0.3, -0.25) is 9.78 Å². The van der Waals surface area contributed by atoms with Gasteiger partial charge in [-0.1, -0.05) is 12.1 Å². The van der Waals surface area contributed by atoms with Gasteiger partial charge in [-0.05, 0) is 37.5 Å². The smallest absolute Gasteiger partial charge is 0.245 e. The fourth-order valence-electron chi connectivity index (χ4n) is 2.89. The fraction of sp³-hybridized carbons (Fsp3) is 0.333. The average Bonchev–Trinajstić information content (AvgIpc) is 2.96. The first kappa shape index (κ1) is 14.9. The number of aromatic nitrogens is 1. The summed E-state index contributed by atoms with van der Waals surface area (Å²) >= 11 is 0. The molecule has 22 heavy (non-hydrogen) atoms. The molecule has 1 fully saturated rings. The van der Waals surface area contributed by atoms with Crippen molar-refractivity contribution in [2.24, 2.45) is 5.73 Å². The second kappa shape index (κ2) is 5.33. The Bertz CT molecular complexity index is 848. The number of primary amides is 1. The van der Waals surface area contributed by atoms with Gasteiger partial charge in [-0.25, -0.2) is 8.42 Å². The minimum Gasteiger partial charge on any atom is -0.368 e. The number of rotatable bonds is 3. The largest absolute Gasteiger partial charge is 0.368 e. The molecule has 2 N–H and O–H groups in total. The first-order chi connectivity index (χ1) is 10.4. The van der Waals surface area contributed by atoms with Crippen molar-refractivity contribution < 1.29 is 13.2 Å². The van der Waals surface area contributed by atoms with Crippen LogP contribution in [0.25, 0.3) is 10.9 Å². The van der Waals surface area contributed by atoms with Gasteiger partial charge in [0.2, 0.25) is 15.9 Å². The zero-order valence-corrected chi connectivity index (χ0v) is 13.0. The fourth-order valence-corrected chi connectivity index (χ4v) is 4.72. The summed E-state index contributed by atoms with van der Waals surface area (Å²) < 4.78 is 27.1. The van der Waals surface area contributed by atoms with Crippen molar-refractivity contribution in [1.29, 1.82) is 0 Å². The summed E-state index contributed by atoms with van der Waals surface area (Å²) in [5.74, 6) is -0.606. The summed E-state index contributed by atoms with van der Waals surface area (Å²) in [5.41, 5.74) is 6.71. The number of nitrogens with two attached hydrogens (primary N) is 1. The first-order valence-corrected chi connectivity index (χ1v) is 8.52. The zero-order valence-electron chi connectivity index (χ0n) is 12.2. The molecule has 2 heterocycles. The SMILES string of the molecule is Cc1cnc2c(S(=O)(=O)N3CCCC3C(N)=O)cccc2c1. The number of sulfonamides is 1. The van der Waals surface area contributed by atoms with Gasteiger partial charge in [-0.2, -0.15) is 4.31 Å². The second-order valence-electron chi connectivity index (χ2n) is 5.52. The maximum Gasteiger partial charge on any atom is 0.245 e. The molecule has 1 aromatic heterocycles. The molecule has 0 radical (unpaired) electrons. The number of para-hydroxylation sites is 1. The van der Waals surface area contributed by atoms with Gasteiger partial charge in [0.25, 0.3) is 0 Å². The number of carbonyl (C=O) groups excluding carboxylic acids is 1. The number of nitrogens with zero attached hydrogens (tertiary/aromatic N) is 2. The van der Waals surface area contributed by atoms with E-state index in [-0.39, 0.29) is 4.90 Å². The van der Waals surface area contributed by atoms with E-state index in [0.717, 1.165) is 10.9 Å². The van der Waals surface area contributed by atoms with Gasteiger partial charge in [0.1, 0.15) is 10.9 Å². The van der Waals surface area contributed by atoms with Crippen molar-refractivity contribution in [2.45, 2.75) is 30.7 Å². The molecule has 7 heteroatoms. The topological polar surface area (TPSA) is 93.4 Å². The van der Waals surface area contributed by atoms with Gasteiger partial charge in [0.05, 0.1) is 5.52 Å². The van der Waals surface area contributed by atoms with Crippen LogP contribution in [0.15, 0.2) is 35.4 Å². The standard InChI is InChI=1S/C15H17N3O3S/c1-10-8-11-4-2-6-13(14(11)17-9-10)22(20,21)18-7-3-5-12(18)15(16)19/h2,4,6,8-9,12H,3,5,7H2,1H3,(H2,16,19). The Balaban J connectivity index is 2.15. The van der Waals surface area contributed by atoms with Crippen LogP contribution in [0, 0.1) is 6.92 Å². The highest BCUT2D eigenvalue weighted by atomic mass is 32.2. The van der Waals surface area contributed by atoms with Crippen molar-refractivity contribution in [3.63, 3.8) is 0 Å². The van der Waals surface area contributed by atoms with Crippen molar-refractivity contribution in [1.82, 2.24) is 9.29 Å². The summed E-state index contributed by atoms with van der Waals surface area (Å²) in [6, 6.07) is 6.15. The lowest BCUT2D eigenvalue weighted by molar-refractivity contribution is -0.121. The van der Waals surface area contributed by atoms with Crippen LogP contribution in [0.4, 0.5) is 0 Å². The number of benzene rings is 1. The van der Waals surface area contributed by atoms with Crippen molar-refractivity contribution >= 4 is 26.8 Å². The average molecular weight is 319 g/mol. The monoisotopic (exact) mass is 319 g/mol. The zero-order chi connectivity index (χ0) is 15.9. The molecule has 1 amide bonds. The molecule has 1 unspecified atom stereocenters. The summed E-state index contributed by atoms with van der Waals surface area (Å²) in [6.07, 6.45) is 2.73. The Labute approximate surface area is 129 Å². The van der Waals surface area contributed by atoms with E-state index >= 15 is 0 Å². The number of fused-ring (bicyclic) bond motifs is 1. The lowest BCUT2D eigenvalue weighted by Gasteiger charge is -2.22. The normalized spacial score (nSPS) is 19.6. The Hall–Kier alpha value is -1.99. The lowest BCUT2D eigenvalue weighted by Crippen LogP contribution is -2.43. The summed E-state index contributed by atoms with van der Waals surface area (Å²) in [4.78, 5) is 15.9. The molecule has 1 atom stereocenters. The molecule has 1 aliphatic heterocycles. The molecule has 3 rings (SSSR count). The first-order valence-electron chi connectivity index (χ1n) is 7.08. The van der Waals surface area contributed by atoms with E-state index in [9.17, 15) is 13.2 Å². The van der Waals surface area contributed by atoms with Crippen molar-refractivity contribution in [3.05, 3.63) is 36.0 Å². The highest BCUT2D eigenvalue weighted by Gasteiger charge is 2.39. The third-order valence-corrected chi connectivity index (χ3v) is 5.87. The number of hydrogen-bond acceptors (Lipinski definition) is 4. The van der Waals surface area contributed by atoms with Gasteiger partial charge in [0, 0.05) is 18.1 Å². The summed E-state index contributed by atoms with van der Waals surface area (Å²) in [6.45, 7) is 2.20. The van der Waals surface area contributed by atoms with Crippen LogP contribution < -0.4 is 5.73 Å². The van der Waals surface area contributed by atoms with E-state index in [1.165, 1.54) is 10.4 Å². The highest BCUT2D eigenvalue weighted by Crippen LogP contribution is 2.29. The van der Waals surface area contributed by atoms with Crippen LogP contribution >= 0.6 is 0 Å². The maximum absolute atomic E-state index is 12.9. The van der Waals surface area contributed by atoms with E-state index in [1.54, 1.807) is 12.3 Å².